The van der Waals surface area contributed by atoms with E-state index in [4.69, 9.17) is 9.47 Å². The molecule has 0 aliphatic carbocycles. The molecule has 0 saturated carbocycles. The number of hydrogen-bond acceptors (Lipinski definition) is 6. The van der Waals surface area contributed by atoms with E-state index in [9.17, 15) is 22.4 Å². The number of anilines is 2. The highest BCUT2D eigenvalue weighted by atomic mass is 19.4. The van der Waals surface area contributed by atoms with Crippen LogP contribution in [0.3, 0.4) is 0 Å². The molecule has 2 N–H and O–H groups in total. The van der Waals surface area contributed by atoms with Crippen LogP contribution in [-0.4, -0.2) is 32.9 Å². The number of urea groups is 1. The second-order valence-corrected chi connectivity index (χ2v) is 8.47. The molecular weight excluding hydrogens is 532 g/mol. The first-order valence-electron chi connectivity index (χ1n) is 11.7. The Morgan fingerprint density at radius 1 is 0.925 bits per heavy atom. The zero-order valence-electron chi connectivity index (χ0n) is 21.0. The lowest BCUT2D eigenvalue weighted by atomic mass is 10.2. The summed E-state index contributed by atoms with van der Waals surface area (Å²) in [6, 6.07) is 14.2. The summed E-state index contributed by atoms with van der Waals surface area (Å²) in [5.41, 5.74) is 0.526. The van der Waals surface area contributed by atoms with Gasteiger partial charge in [-0.1, -0.05) is 0 Å². The van der Waals surface area contributed by atoms with Gasteiger partial charge in [-0.15, -0.1) is 0 Å². The van der Waals surface area contributed by atoms with Gasteiger partial charge in [0.05, 0.1) is 29.7 Å². The van der Waals surface area contributed by atoms with E-state index < -0.39 is 29.3 Å². The molecular formula is C27H20F4N6O3. The summed E-state index contributed by atoms with van der Waals surface area (Å²) >= 11 is 0. The predicted molar refractivity (Wildman–Crippen MR) is 139 cm³/mol. The maximum atomic E-state index is 13.9. The van der Waals surface area contributed by atoms with Crippen LogP contribution in [0.15, 0.2) is 73.1 Å². The quantitative estimate of drug-likeness (QED) is 0.227. The lowest BCUT2D eigenvalue weighted by Gasteiger charge is -2.12. The van der Waals surface area contributed by atoms with Crippen molar-refractivity contribution < 1.29 is 31.8 Å². The summed E-state index contributed by atoms with van der Waals surface area (Å²) in [4.78, 5) is 20.9. The maximum Gasteiger partial charge on any atom is 0.416 e. The Bertz CT molecular complexity index is 1690. The molecule has 0 aliphatic heterocycles. The number of fused-ring (bicyclic) bond motifs is 1. The molecule has 0 radical (unpaired) electrons. The molecule has 9 nitrogen and oxygen atoms in total. The van der Waals surface area contributed by atoms with E-state index in [1.54, 1.807) is 30.8 Å². The number of carbonyl (C=O) groups is 1. The van der Waals surface area contributed by atoms with Crippen molar-refractivity contribution in [1.29, 1.82) is 0 Å². The van der Waals surface area contributed by atoms with Gasteiger partial charge in [0.15, 0.2) is 5.65 Å². The van der Waals surface area contributed by atoms with E-state index in [0.717, 1.165) is 5.69 Å². The van der Waals surface area contributed by atoms with Crippen molar-refractivity contribution in [3.8, 4) is 23.1 Å². The number of aromatic nitrogens is 4. The zero-order valence-corrected chi connectivity index (χ0v) is 21.0. The molecule has 0 fully saturated rings. The molecule has 0 atom stereocenters. The predicted octanol–water partition coefficient (Wildman–Crippen LogP) is 6.73. The Kier molecular flexibility index (Phi) is 6.94. The molecule has 13 heteroatoms. The van der Waals surface area contributed by atoms with Crippen molar-refractivity contribution in [2.24, 2.45) is 0 Å². The highest BCUT2D eigenvalue weighted by Gasteiger charge is 2.31. The Balaban J connectivity index is 1.30. The topological polar surface area (TPSA) is 103 Å². The van der Waals surface area contributed by atoms with Crippen molar-refractivity contribution in [2.45, 2.75) is 13.1 Å². The van der Waals surface area contributed by atoms with Gasteiger partial charge in [-0.05, 0) is 73.7 Å². The summed E-state index contributed by atoms with van der Waals surface area (Å²) in [5, 5.41) is 9.69. The molecule has 2 heterocycles. The molecule has 2 amide bonds. The summed E-state index contributed by atoms with van der Waals surface area (Å²) < 4.78 is 65.5. The van der Waals surface area contributed by atoms with Crippen LogP contribution in [0.1, 0.15) is 11.3 Å². The first-order chi connectivity index (χ1) is 19.1. The van der Waals surface area contributed by atoms with Crippen LogP contribution in [0.25, 0.3) is 16.7 Å². The van der Waals surface area contributed by atoms with E-state index >= 15 is 0 Å². The Hall–Kier alpha value is -5.20. The number of ether oxygens (including phenoxy) is 2. The lowest BCUT2D eigenvalue weighted by molar-refractivity contribution is -0.137. The van der Waals surface area contributed by atoms with Crippen LogP contribution in [0, 0.1) is 12.7 Å². The molecule has 3 aromatic carbocycles. The Morgan fingerprint density at radius 3 is 2.30 bits per heavy atom. The van der Waals surface area contributed by atoms with E-state index in [1.165, 1.54) is 18.5 Å². The van der Waals surface area contributed by atoms with Gasteiger partial charge in [-0.2, -0.15) is 18.3 Å². The summed E-state index contributed by atoms with van der Waals surface area (Å²) in [6.45, 7) is 1.80. The molecule has 0 aliphatic rings. The summed E-state index contributed by atoms with van der Waals surface area (Å²) in [7, 11) is 1.58. The molecule has 5 rings (SSSR count). The molecule has 40 heavy (non-hydrogen) atoms. The molecule has 2 aromatic heterocycles. The van der Waals surface area contributed by atoms with Gasteiger partial charge in [0.25, 0.3) is 0 Å². The fourth-order valence-electron chi connectivity index (χ4n) is 3.87. The summed E-state index contributed by atoms with van der Waals surface area (Å²) in [6.07, 6.45) is -3.33. The van der Waals surface area contributed by atoms with E-state index in [-0.39, 0.29) is 11.6 Å². The number of benzene rings is 3. The van der Waals surface area contributed by atoms with Crippen LogP contribution < -0.4 is 20.1 Å². The number of hydrogen-bond donors (Lipinski definition) is 2. The minimum Gasteiger partial charge on any atom is -0.497 e. The van der Waals surface area contributed by atoms with Gasteiger partial charge in [0.1, 0.15) is 29.0 Å². The van der Waals surface area contributed by atoms with Gasteiger partial charge in [-0.3, -0.25) is 0 Å². The second kappa shape index (κ2) is 10.5. The molecule has 204 valence electrons. The fourth-order valence-corrected chi connectivity index (χ4v) is 3.87. The average Bonchev–Trinajstić information content (AvgIpc) is 3.27. The third kappa shape index (κ3) is 5.48. The number of rotatable bonds is 6. The van der Waals surface area contributed by atoms with Crippen molar-refractivity contribution in [3.05, 3.63) is 90.1 Å². The Labute approximate surface area is 224 Å². The molecule has 0 unspecified atom stereocenters. The van der Waals surface area contributed by atoms with Crippen molar-refractivity contribution >= 4 is 28.4 Å². The number of halogens is 4. The van der Waals surface area contributed by atoms with Gasteiger partial charge >= 0.3 is 12.2 Å². The highest BCUT2D eigenvalue weighted by Crippen LogP contribution is 2.33. The Morgan fingerprint density at radius 2 is 1.62 bits per heavy atom. The molecule has 5 aromatic rings. The smallest absolute Gasteiger partial charge is 0.416 e. The standard InChI is InChI=1S/C27H20F4N6O3/c1-15-23-24(37(36-15)18-6-10-19(39-2)11-7-18)32-14-33-25(23)40-20-8-4-17(5-9-20)34-26(38)35-22-13-16(27(29,30)31)3-12-21(22)28/h3-14H,1-2H3,(H2,34,35,38). The fraction of sp³-hybridized carbons (Fsp3) is 0.111. The number of aryl methyl sites for hydroxylation is 1. The van der Waals surface area contributed by atoms with Crippen LogP contribution in [0.4, 0.5) is 33.7 Å². The number of amides is 2. The van der Waals surface area contributed by atoms with Crippen LogP contribution in [0.5, 0.6) is 17.4 Å². The largest absolute Gasteiger partial charge is 0.497 e. The SMILES string of the molecule is COc1ccc(-n2nc(C)c3c(Oc4ccc(NC(=O)Nc5cc(C(F)(F)F)ccc5F)cc4)ncnc32)cc1. The third-order valence-corrected chi connectivity index (χ3v) is 5.79. The minimum absolute atomic E-state index is 0.265. The maximum absolute atomic E-state index is 13.9. The molecule has 0 bridgehead atoms. The average molecular weight is 552 g/mol. The number of alkyl halides is 3. The first kappa shape index (κ1) is 26.4. The van der Waals surface area contributed by atoms with Gasteiger partial charge in [-0.25, -0.2) is 23.8 Å². The van der Waals surface area contributed by atoms with Crippen LogP contribution in [-0.2, 0) is 6.18 Å². The molecule has 0 spiro atoms. The third-order valence-electron chi connectivity index (χ3n) is 5.79. The second-order valence-electron chi connectivity index (χ2n) is 8.47. The van der Waals surface area contributed by atoms with Crippen LogP contribution in [0.2, 0.25) is 0 Å². The normalized spacial score (nSPS) is 11.3. The van der Waals surface area contributed by atoms with Gasteiger partial charge in [0, 0.05) is 5.69 Å². The number of carbonyl (C=O) groups excluding carboxylic acids is 1. The van der Waals surface area contributed by atoms with Crippen molar-refractivity contribution in [1.82, 2.24) is 19.7 Å². The minimum atomic E-state index is -4.68. The monoisotopic (exact) mass is 552 g/mol. The van der Waals surface area contributed by atoms with E-state index in [1.807, 2.05) is 24.3 Å². The number of methoxy groups -OCH3 is 1. The summed E-state index contributed by atoms with van der Waals surface area (Å²) in [5.74, 6) is 0.342. The van der Waals surface area contributed by atoms with Crippen molar-refractivity contribution in [3.63, 3.8) is 0 Å². The zero-order chi connectivity index (χ0) is 28.4. The van der Waals surface area contributed by atoms with Crippen molar-refractivity contribution in [2.75, 3.05) is 17.7 Å². The van der Waals surface area contributed by atoms with E-state index in [2.05, 4.69) is 25.7 Å². The van der Waals surface area contributed by atoms with Gasteiger partial charge in [0.2, 0.25) is 5.88 Å². The lowest BCUT2D eigenvalue weighted by Crippen LogP contribution is -2.20. The highest BCUT2D eigenvalue weighted by molar-refractivity contribution is 5.99. The van der Waals surface area contributed by atoms with Gasteiger partial charge < -0.3 is 20.1 Å². The van der Waals surface area contributed by atoms with E-state index in [0.29, 0.717) is 46.4 Å². The number of nitrogens with one attached hydrogen (secondary N) is 2. The first-order valence-corrected chi connectivity index (χ1v) is 11.7. The molecule has 0 saturated heterocycles. The number of nitrogens with zero attached hydrogens (tertiary/aromatic N) is 4. The van der Waals surface area contributed by atoms with Crippen LogP contribution >= 0.6 is 0 Å².